The van der Waals surface area contributed by atoms with E-state index in [1.165, 1.54) is 0 Å². The molecule has 2 heterocycles. The Labute approximate surface area is 112 Å². The van der Waals surface area contributed by atoms with Crippen LogP contribution in [0.1, 0.15) is 24.4 Å². The molecular weight excluding hydrogens is 240 g/mol. The van der Waals surface area contributed by atoms with Gasteiger partial charge >= 0.3 is 0 Å². The van der Waals surface area contributed by atoms with Crippen molar-refractivity contribution >= 4 is 16.9 Å². The van der Waals surface area contributed by atoms with Crippen molar-refractivity contribution in [1.82, 2.24) is 10.2 Å². The van der Waals surface area contributed by atoms with Gasteiger partial charge in [0.25, 0.3) is 5.91 Å². The number of benzene rings is 1. The number of fused-ring (bicyclic) bond motifs is 1. The van der Waals surface area contributed by atoms with Crippen LogP contribution >= 0.6 is 0 Å². The second-order valence-corrected chi connectivity index (χ2v) is 5.22. The van der Waals surface area contributed by atoms with E-state index in [0.717, 1.165) is 24.1 Å². The molecule has 4 nitrogen and oxygen atoms in total. The number of rotatable bonds is 1. The van der Waals surface area contributed by atoms with Crippen LogP contribution in [0, 0.1) is 0 Å². The van der Waals surface area contributed by atoms with Crippen molar-refractivity contribution in [1.29, 1.82) is 0 Å². The maximum atomic E-state index is 12.6. The van der Waals surface area contributed by atoms with Gasteiger partial charge in [0.2, 0.25) is 0 Å². The van der Waals surface area contributed by atoms with Gasteiger partial charge in [-0.15, -0.1) is 0 Å². The maximum Gasteiger partial charge on any atom is 0.290 e. The smallest absolute Gasteiger partial charge is 0.290 e. The fourth-order valence-electron chi connectivity index (χ4n) is 2.75. The Morgan fingerprint density at radius 2 is 1.95 bits per heavy atom. The average Bonchev–Trinajstić information content (AvgIpc) is 2.82. The number of piperazine rings is 1. The molecule has 0 saturated carbocycles. The number of amides is 1. The van der Waals surface area contributed by atoms with Gasteiger partial charge in [0.15, 0.2) is 5.76 Å². The summed E-state index contributed by atoms with van der Waals surface area (Å²) in [7, 11) is 0. The first-order chi connectivity index (χ1) is 9.16. The largest absolute Gasteiger partial charge is 0.451 e. The standard InChI is InChI=1S/C15H18N2O2/c1-10-8-16-9-11(2)17(10)15(18)14-7-12-5-3-4-6-13(12)19-14/h3-7,10-11,16H,8-9H2,1-2H3. The van der Waals surface area contributed by atoms with E-state index in [1.54, 1.807) is 0 Å². The summed E-state index contributed by atoms with van der Waals surface area (Å²) in [5.74, 6) is 0.416. The first-order valence-electron chi connectivity index (χ1n) is 6.69. The Kier molecular flexibility index (Phi) is 3.03. The van der Waals surface area contributed by atoms with Crippen LogP contribution < -0.4 is 5.32 Å². The molecule has 0 radical (unpaired) electrons. The van der Waals surface area contributed by atoms with Gasteiger partial charge in [0, 0.05) is 30.6 Å². The predicted molar refractivity (Wildman–Crippen MR) is 74.2 cm³/mol. The van der Waals surface area contributed by atoms with Crippen molar-refractivity contribution in [3.8, 4) is 0 Å². The van der Waals surface area contributed by atoms with Crippen molar-refractivity contribution < 1.29 is 9.21 Å². The Bertz CT molecular complexity index is 562. The predicted octanol–water partition coefficient (Wildman–Crippen LogP) is 2.26. The maximum absolute atomic E-state index is 12.6. The van der Waals surface area contributed by atoms with Crippen molar-refractivity contribution in [2.24, 2.45) is 0 Å². The van der Waals surface area contributed by atoms with Gasteiger partial charge in [-0.3, -0.25) is 4.79 Å². The molecule has 100 valence electrons. The minimum Gasteiger partial charge on any atom is -0.451 e. The highest BCUT2D eigenvalue weighted by Gasteiger charge is 2.31. The van der Waals surface area contributed by atoms with E-state index in [4.69, 9.17) is 4.42 Å². The molecule has 1 aliphatic rings. The zero-order valence-corrected chi connectivity index (χ0v) is 11.2. The van der Waals surface area contributed by atoms with Crippen LogP contribution in [-0.2, 0) is 0 Å². The summed E-state index contributed by atoms with van der Waals surface area (Å²) in [4.78, 5) is 14.5. The molecule has 2 unspecified atom stereocenters. The van der Waals surface area contributed by atoms with Crippen LogP contribution in [0.4, 0.5) is 0 Å². The highest BCUT2D eigenvalue weighted by atomic mass is 16.3. The highest BCUT2D eigenvalue weighted by Crippen LogP contribution is 2.22. The van der Waals surface area contributed by atoms with Crippen molar-refractivity contribution in [2.75, 3.05) is 13.1 Å². The molecule has 1 saturated heterocycles. The molecule has 1 N–H and O–H groups in total. The molecule has 2 atom stereocenters. The first kappa shape index (κ1) is 12.2. The third-order valence-electron chi connectivity index (χ3n) is 3.70. The quantitative estimate of drug-likeness (QED) is 0.853. The summed E-state index contributed by atoms with van der Waals surface area (Å²) >= 11 is 0. The Morgan fingerprint density at radius 1 is 1.26 bits per heavy atom. The Balaban J connectivity index is 1.94. The number of nitrogens with one attached hydrogen (secondary N) is 1. The molecule has 1 amide bonds. The van der Waals surface area contributed by atoms with E-state index in [0.29, 0.717) is 5.76 Å². The minimum atomic E-state index is -0.0160. The summed E-state index contributed by atoms with van der Waals surface area (Å²) in [6.07, 6.45) is 0. The lowest BCUT2D eigenvalue weighted by atomic mass is 10.1. The zero-order chi connectivity index (χ0) is 13.4. The lowest BCUT2D eigenvalue weighted by Crippen LogP contribution is -2.57. The van der Waals surface area contributed by atoms with Crippen LogP contribution in [0.5, 0.6) is 0 Å². The van der Waals surface area contributed by atoms with Crippen LogP contribution in [-0.4, -0.2) is 36.0 Å². The topological polar surface area (TPSA) is 45.5 Å². The van der Waals surface area contributed by atoms with Gasteiger partial charge in [-0.25, -0.2) is 0 Å². The molecule has 1 fully saturated rings. The highest BCUT2D eigenvalue weighted by molar-refractivity contribution is 5.96. The van der Waals surface area contributed by atoms with E-state index < -0.39 is 0 Å². The molecule has 3 rings (SSSR count). The SMILES string of the molecule is CC1CNCC(C)N1C(=O)c1cc2ccccc2o1. The van der Waals surface area contributed by atoms with Crippen molar-refractivity contribution in [2.45, 2.75) is 25.9 Å². The van der Waals surface area contributed by atoms with Crippen LogP contribution in [0.2, 0.25) is 0 Å². The minimum absolute atomic E-state index is 0.0160. The van der Waals surface area contributed by atoms with Gasteiger partial charge < -0.3 is 14.6 Å². The van der Waals surface area contributed by atoms with Gasteiger partial charge in [0.05, 0.1) is 0 Å². The molecule has 4 heteroatoms. The third-order valence-corrected chi connectivity index (χ3v) is 3.70. The van der Waals surface area contributed by atoms with E-state index in [1.807, 2.05) is 35.2 Å². The summed E-state index contributed by atoms with van der Waals surface area (Å²) < 4.78 is 5.67. The molecule has 1 aromatic heterocycles. The van der Waals surface area contributed by atoms with Crippen LogP contribution in [0.25, 0.3) is 11.0 Å². The van der Waals surface area contributed by atoms with Gasteiger partial charge in [-0.1, -0.05) is 18.2 Å². The van der Waals surface area contributed by atoms with Crippen molar-refractivity contribution in [3.05, 3.63) is 36.1 Å². The second-order valence-electron chi connectivity index (χ2n) is 5.22. The summed E-state index contributed by atoms with van der Waals surface area (Å²) in [6, 6.07) is 9.91. The third kappa shape index (κ3) is 2.12. The monoisotopic (exact) mass is 258 g/mol. The molecule has 0 aliphatic carbocycles. The average molecular weight is 258 g/mol. The van der Waals surface area contributed by atoms with Crippen LogP contribution in [0.15, 0.2) is 34.7 Å². The van der Waals surface area contributed by atoms with E-state index in [9.17, 15) is 4.79 Å². The zero-order valence-electron chi connectivity index (χ0n) is 11.2. The molecule has 0 bridgehead atoms. The van der Waals surface area contributed by atoms with E-state index in [-0.39, 0.29) is 18.0 Å². The Morgan fingerprint density at radius 3 is 2.63 bits per heavy atom. The van der Waals surface area contributed by atoms with Gasteiger partial charge in [0.1, 0.15) is 5.58 Å². The normalized spacial score (nSPS) is 23.8. The number of nitrogens with zero attached hydrogens (tertiary/aromatic N) is 1. The van der Waals surface area contributed by atoms with E-state index in [2.05, 4.69) is 19.2 Å². The molecule has 19 heavy (non-hydrogen) atoms. The molecule has 1 aromatic carbocycles. The van der Waals surface area contributed by atoms with Crippen molar-refractivity contribution in [3.63, 3.8) is 0 Å². The number of hydrogen-bond donors (Lipinski definition) is 1. The summed E-state index contributed by atoms with van der Waals surface area (Å²) in [5.41, 5.74) is 0.765. The molecule has 0 spiro atoms. The first-order valence-corrected chi connectivity index (χ1v) is 6.69. The number of furan rings is 1. The summed E-state index contributed by atoms with van der Waals surface area (Å²) in [6.45, 7) is 5.78. The fourth-order valence-corrected chi connectivity index (χ4v) is 2.75. The van der Waals surface area contributed by atoms with Gasteiger partial charge in [-0.05, 0) is 26.0 Å². The lowest BCUT2D eigenvalue weighted by Gasteiger charge is -2.38. The second kappa shape index (κ2) is 4.70. The fraction of sp³-hybridized carbons (Fsp3) is 0.400. The lowest BCUT2D eigenvalue weighted by molar-refractivity contribution is 0.0514. The molecule has 2 aromatic rings. The summed E-state index contributed by atoms with van der Waals surface area (Å²) in [5, 5.41) is 4.30. The van der Waals surface area contributed by atoms with Crippen LogP contribution in [0.3, 0.4) is 0 Å². The number of hydrogen-bond acceptors (Lipinski definition) is 3. The van der Waals surface area contributed by atoms with Gasteiger partial charge in [-0.2, -0.15) is 0 Å². The molecule has 1 aliphatic heterocycles. The number of carbonyl (C=O) groups excluding carboxylic acids is 1. The number of carbonyl (C=O) groups is 1. The van der Waals surface area contributed by atoms with E-state index >= 15 is 0 Å². The number of para-hydroxylation sites is 1. The Hall–Kier alpha value is -1.81. The molecular formula is C15H18N2O2.